The fraction of sp³-hybridized carbons (Fsp3) is 0.833. The summed E-state index contributed by atoms with van der Waals surface area (Å²) in [7, 11) is 0. The highest BCUT2D eigenvalue weighted by atomic mass is 19.1. The molecule has 0 radical (unpaired) electrons. The first-order valence-corrected chi connectivity index (χ1v) is 3.17. The molecule has 2 N–H and O–H groups in total. The van der Waals surface area contributed by atoms with E-state index >= 15 is 0 Å². The number of nitrogens with one attached hydrogen (secondary N) is 1. The van der Waals surface area contributed by atoms with E-state index in [1.165, 1.54) is 6.92 Å². The van der Waals surface area contributed by atoms with E-state index in [4.69, 9.17) is 5.11 Å². The monoisotopic (exact) mass is 147 g/mol. The van der Waals surface area contributed by atoms with Crippen molar-refractivity contribution in [1.82, 2.24) is 5.32 Å². The molecular weight excluding hydrogens is 137 g/mol. The van der Waals surface area contributed by atoms with Crippen LogP contribution in [0, 0.1) is 0 Å². The van der Waals surface area contributed by atoms with E-state index in [0.717, 1.165) is 0 Å². The van der Waals surface area contributed by atoms with Crippen LogP contribution in [-0.2, 0) is 4.79 Å². The van der Waals surface area contributed by atoms with Crippen molar-refractivity contribution in [1.29, 1.82) is 0 Å². The third kappa shape index (κ3) is 1.11. The Kier molecular flexibility index (Phi) is 1.64. The highest BCUT2D eigenvalue weighted by Crippen LogP contribution is 2.23. The molecule has 0 spiro atoms. The molecular formula is C6H10FNO2. The second kappa shape index (κ2) is 2.20. The maximum absolute atomic E-state index is 12.9. The summed E-state index contributed by atoms with van der Waals surface area (Å²) in [4.78, 5) is 10.7. The number of halogens is 1. The third-order valence-electron chi connectivity index (χ3n) is 1.66. The van der Waals surface area contributed by atoms with Crippen molar-refractivity contribution in [3.63, 3.8) is 0 Å². The Morgan fingerprint density at radius 2 is 2.60 bits per heavy atom. The molecule has 1 saturated heterocycles. The normalized spacial score (nSPS) is 39.9. The van der Waals surface area contributed by atoms with E-state index in [1.54, 1.807) is 0 Å². The zero-order valence-electron chi connectivity index (χ0n) is 5.72. The average molecular weight is 147 g/mol. The Hall–Kier alpha value is -0.640. The predicted octanol–water partition coefficient (Wildman–Crippen LogP) is -0.405. The van der Waals surface area contributed by atoms with Crippen LogP contribution < -0.4 is 5.32 Å². The maximum Gasteiger partial charge on any atom is 0.257 e. The van der Waals surface area contributed by atoms with Gasteiger partial charge in [-0.1, -0.05) is 0 Å². The number of rotatable bonds is 1. The molecule has 58 valence electrons. The van der Waals surface area contributed by atoms with E-state index in [0.29, 0.717) is 0 Å². The Bertz CT molecular complexity index is 158. The first-order chi connectivity index (χ1) is 4.56. The van der Waals surface area contributed by atoms with Gasteiger partial charge in [0.25, 0.3) is 5.91 Å². The van der Waals surface area contributed by atoms with Gasteiger partial charge in [-0.2, -0.15) is 0 Å². The van der Waals surface area contributed by atoms with Gasteiger partial charge < -0.3 is 10.4 Å². The Balaban J connectivity index is 2.62. The Morgan fingerprint density at radius 3 is 2.80 bits per heavy atom. The average Bonchev–Trinajstić information content (AvgIpc) is 2.08. The van der Waals surface area contributed by atoms with Gasteiger partial charge in [0.1, 0.15) is 0 Å². The van der Waals surface area contributed by atoms with Gasteiger partial charge in [0, 0.05) is 6.42 Å². The van der Waals surface area contributed by atoms with E-state index < -0.39 is 17.6 Å². The van der Waals surface area contributed by atoms with Gasteiger partial charge in [-0.25, -0.2) is 4.39 Å². The van der Waals surface area contributed by atoms with Crippen LogP contribution in [0.15, 0.2) is 0 Å². The van der Waals surface area contributed by atoms with Crippen LogP contribution in [0.25, 0.3) is 0 Å². The number of hydrogen-bond acceptors (Lipinski definition) is 2. The smallest absolute Gasteiger partial charge is 0.257 e. The lowest BCUT2D eigenvalue weighted by atomic mass is 10.1. The van der Waals surface area contributed by atoms with Crippen LogP contribution in [-0.4, -0.2) is 29.3 Å². The van der Waals surface area contributed by atoms with Gasteiger partial charge in [-0.15, -0.1) is 0 Å². The first-order valence-electron chi connectivity index (χ1n) is 3.17. The SMILES string of the molecule is C[C@]1(F)C[C@@H](CO)NC1=O. The van der Waals surface area contributed by atoms with Crippen LogP contribution in [0.1, 0.15) is 13.3 Å². The number of carbonyl (C=O) groups excluding carboxylic acids is 1. The minimum atomic E-state index is -1.78. The van der Waals surface area contributed by atoms with E-state index in [1.807, 2.05) is 0 Å². The zero-order chi connectivity index (χ0) is 7.78. The van der Waals surface area contributed by atoms with Crippen LogP contribution in [0.5, 0.6) is 0 Å². The number of carbonyl (C=O) groups is 1. The summed E-state index contributed by atoms with van der Waals surface area (Å²) in [5.41, 5.74) is -1.78. The quantitative estimate of drug-likeness (QED) is 0.530. The van der Waals surface area contributed by atoms with E-state index in [2.05, 4.69) is 5.32 Å². The topological polar surface area (TPSA) is 49.3 Å². The van der Waals surface area contributed by atoms with E-state index in [9.17, 15) is 9.18 Å². The molecule has 1 aliphatic rings. The van der Waals surface area contributed by atoms with Crippen LogP contribution in [0.3, 0.4) is 0 Å². The standard InChI is InChI=1S/C6H10FNO2/c1-6(7)2-4(3-9)8-5(6)10/h4,9H,2-3H2,1H3,(H,8,10)/t4-,6-/m0/s1. The van der Waals surface area contributed by atoms with Crippen molar-refractivity contribution in [2.45, 2.75) is 25.1 Å². The van der Waals surface area contributed by atoms with Gasteiger partial charge in [0.05, 0.1) is 12.6 Å². The molecule has 0 saturated carbocycles. The summed E-state index contributed by atoms with van der Waals surface area (Å²) in [6.07, 6.45) is 0.0718. The highest BCUT2D eigenvalue weighted by molar-refractivity contribution is 5.87. The van der Waals surface area contributed by atoms with Crippen molar-refractivity contribution < 1.29 is 14.3 Å². The molecule has 10 heavy (non-hydrogen) atoms. The molecule has 0 aliphatic carbocycles. The van der Waals surface area contributed by atoms with E-state index in [-0.39, 0.29) is 13.0 Å². The minimum absolute atomic E-state index is 0.0718. The second-order valence-electron chi connectivity index (χ2n) is 2.75. The summed E-state index contributed by atoms with van der Waals surface area (Å²) in [6, 6.07) is -0.400. The Morgan fingerprint density at radius 1 is 2.00 bits per heavy atom. The molecule has 0 bridgehead atoms. The maximum atomic E-state index is 12.9. The second-order valence-corrected chi connectivity index (χ2v) is 2.75. The predicted molar refractivity (Wildman–Crippen MR) is 33.1 cm³/mol. The van der Waals surface area contributed by atoms with Crippen LogP contribution in [0.2, 0.25) is 0 Å². The summed E-state index contributed by atoms with van der Waals surface area (Å²) in [6.45, 7) is 1.03. The molecule has 2 atom stereocenters. The molecule has 3 nitrogen and oxygen atoms in total. The van der Waals surface area contributed by atoms with Crippen molar-refractivity contribution in [2.24, 2.45) is 0 Å². The molecule has 1 fully saturated rings. The number of hydrogen-bond donors (Lipinski definition) is 2. The molecule has 4 heteroatoms. The first kappa shape index (κ1) is 7.47. The lowest BCUT2D eigenvalue weighted by molar-refractivity contribution is -0.128. The third-order valence-corrected chi connectivity index (χ3v) is 1.66. The summed E-state index contributed by atoms with van der Waals surface area (Å²) in [5.74, 6) is -0.619. The Labute approximate surface area is 58.2 Å². The van der Waals surface area contributed by atoms with Gasteiger partial charge >= 0.3 is 0 Å². The number of amides is 1. The molecule has 1 aliphatic heterocycles. The zero-order valence-corrected chi connectivity index (χ0v) is 5.72. The van der Waals surface area contributed by atoms with Gasteiger partial charge in [0.2, 0.25) is 0 Å². The highest BCUT2D eigenvalue weighted by Gasteiger charge is 2.42. The number of aliphatic hydroxyl groups is 1. The minimum Gasteiger partial charge on any atom is -0.394 e. The van der Waals surface area contributed by atoms with Crippen LogP contribution in [0.4, 0.5) is 4.39 Å². The molecule has 1 heterocycles. The van der Waals surface area contributed by atoms with Gasteiger partial charge in [-0.3, -0.25) is 4.79 Å². The largest absolute Gasteiger partial charge is 0.394 e. The molecule has 1 rings (SSSR count). The fourth-order valence-corrected chi connectivity index (χ4v) is 1.05. The van der Waals surface area contributed by atoms with Crippen molar-refractivity contribution in [3.05, 3.63) is 0 Å². The molecule has 1 amide bonds. The van der Waals surface area contributed by atoms with Crippen molar-refractivity contribution in [2.75, 3.05) is 6.61 Å². The fourth-order valence-electron chi connectivity index (χ4n) is 1.05. The van der Waals surface area contributed by atoms with Crippen LogP contribution >= 0.6 is 0 Å². The molecule has 0 aromatic rings. The van der Waals surface area contributed by atoms with Gasteiger partial charge in [-0.05, 0) is 6.92 Å². The lowest BCUT2D eigenvalue weighted by Gasteiger charge is -2.06. The number of aliphatic hydroxyl groups excluding tert-OH is 1. The summed E-state index contributed by atoms with van der Waals surface area (Å²) in [5, 5.41) is 10.9. The lowest BCUT2D eigenvalue weighted by Crippen LogP contribution is -2.32. The summed E-state index contributed by atoms with van der Waals surface area (Å²) >= 11 is 0. The molecule has 0 unspecified atom stereocenters. The van der Waals surface area contributed by atoms with Crippen molar-refractivity contribution >= 4 is 5.91 Å². The van der Waals surface area contributed by atoms with Gasteiger partial charge in [0.15, 0.2) is 5.67 Å². The molecule has 0 aromatic heterocycles. The summed E-state index contributed by atoms with van der Waals surface area (Å²) < 4.78 is 12.9. The van der Waals surface area contributed by atoms with Crippen molar-refractivity contribution in [3.8, 4) is 0 Å². The molecule has 0 aromatic carbocycles. The number of alkyl halides is 1.